The highest BCUT2D eigenvalue weighted by molar-refractivity contribution is 6.74. The van der Waals surface area contributed by atoms with Gasteiger partial charge in [-0.3, -0.25) is 0 Å². The number of rotatable bonds is 6. The van der Waals surface area contributed by atoms with E-state index in [0.717, 1.165) is 18.7 Å². The fourth-order valence-electron chi connectivity index (χ4n) is 2.42. The lowest BCUT2D eigenvalue weighted by Crippen LogP contribution is -2.43. The quantitative estimate of drug-likeness (QED) is 0.636. The lowest BCUT2D eigenvalue weighted by molar-refractivity contribution is 0.492. The summed E-state index contributed by atoms with van der Waals surface area (Å²) in [5.74, 6) is 1.67. The van der Waals surface area contributed by atoms with Crippen LogP contribution in [0.1, 0.15) is 26.3 Å². The monoisotopic (exact) mass is 381 g/mol. The van der Waals surface area contributed by atoms with Gasteiger partial charge in [-0.05, 0) is 42.2 Å². The van der Waals surface area contributed by atoms with Crippen LogP contribution in [0.15, 0.2) is 43.0 Å². The Morgan fingerprint density at radius 3 is 2.37 bits per heavy atom. The Morgan fingerprint density at radius 2 is 1.67 bits per heavy atom. The molecule has 0 atom stereocenters. The predicted octanol–water partition coefficient (Wildman–Crippen LogP) is 4.46. The summed E-state index contributed by atoms with van der Waals surface area (Å²) in [4.78, 5) is 16.9. The van der Waals surface area contributed by atoms with E-state index in [1.165, 1.54) is 11.9 Å². The normalized spacial score (nSPS) is 12.2. The van der Waals surface area contributed by atoms with Crippen LogP contribution in [0.4, 0.5) is 5.82 Å². The fraction of sp³-hybridized carbons (Fsp3) is 0.400. The van der Waals surface area contributed by atoms with E-state index in [1.54, 1.807) is 12.4 Å². The molecule has 3 aromatic rings. The average molecular weight is 382 g/mol. The first-order valence-corrected chi connectivity index (χ1v) is 12.1. The van der Waals surface area contributed by atoms with Gasteiger partial charge in [0, 0.05) is 18.9 Å². The molecule has 0 aliphatic heterocycles. The standard InChI is InChI=1S/C20H27N5OSi/c1-20(2,3)27(4,5)26-16-8-6-15(7-9-16)10-11-22-18-17-19(25-14-24-18)23-13-12-21-17/h6-9,12-14H,10-11H2,1-5H3,(H,22,23,24,25). The second-order valence-corrected chi connectivity index (χ2v) is 12.9. The van der Waals surface area contributed by atoms with E-state index >= 15 is 0 Å². The number of anilines is 1. The molecule has 6 nitrogen and oxygen atoms in total. The van der Waals surface area contributed by atoms with Crippen LogP contribution in [0, 0.1) is 0 Å². The number of nitrogens with one attached hydrogen (secondary N) is 1. The highest BCUT2D eigenvalue weighted by Gasteiger charge is 2.38. The third-order valence-electron chi connectivity index (χ3n) is 5.08. The second-order valence-electron chi connectivity index (χ2n) is 8.13. The fourth-order valence-corrected chi connectivity index (χ4v) is 3.45. The van der Waals surface area contributed by atoms with Crippen LogP contribution in [0.2, 0.25) is 18.1 Å². The molecule has 2 heterocycles. The van der Waals surface area contributed by atoms with Crippen LogP contribution in [0.25, 0.3) is 11.2 Å². The van der Waals surface area contributed by atoms with Gasteiger partial charge in [0.2, 0.25) is 8.32 Å². The van der Waals surface area contributed by atoms with Crippen molar-refractivity contribution < 1.29 is 4.43 Å². The van der Waals surface area contributed by atoms with Crippen molar-refractivity contribution in [2.24, 2.45) is 0 Å². The van der Waals surface area contributed by atoms with Gasteiger partial charge in [0.05, 0.1) is 0 Å². The van der Waals surface area contributed by atoms with Gasteiger partial charge in [0.25, 0.3) is 0 Å². The molecule has 0 unspecified atom stereocenters. The van der Waals surface area contributed by atoms with Crippen LogP contribution in [-0.2, 0) is 6.42 Å². The van der Waals surface area contributed by atoms with E-state index in [9.17, 15) is 0 Å². The molecule has 0 radical (unpaired) electrons. The van der Waals surface area contributed by atoms with E-state index < -0.39 is 8.32 Å². The van der Waals surface area contributed by atoms with E-state index in [0.29, 0.717) is 17.0 Å². The third kappa shape index (κ3) is 4.60. The van der Waals surface area contributed by atoms with Gasteiger partial charge in [-0.15, -0.1) is 0 Å². The Bertz CT molecular complexity index is 901. The lowest BCUT2D eigenvalue weighted by Gasteiger charge is -2.36. The van der Waals surface area contributed by atoms with Crippen molar-refractivity contribution in [2.45, 2.75) is 45.3 Å². The van der Waals surface area contributed by atoms with Crippen molar-refractivity contribution >= 4 is 25.3 Å². The molecule has 2 aromatic heterocycles. The molecule has 142 valence electrons. The van der Waals surface area contributed by atoms with Crippen molar-refractivity contribution in [3.05, 3.63) is 48.5 Å². The first-order chi connectivity index (χ1) is 12.8. The van der Waals surface area contributed by atoms with E-state index in [-0.39, 0.29) is 5.04 Å². The molecule has 0 aliphatic carbocycles. The lowest BCUT2D eigenvalue weighted by atomic mass is 10.1. The van der Waals surface area contributed by atoms with Crippen molar-refractivity contribution in [1.82, 2.24) is 19.9 Å². The van der Waals surface area contributed by atoms with E-state index in [4.69, 9.17) is 4.43 Å². The molecule has 0 spiro atoms. The van der Waals surface area contributed by atoms with Gasteiger partial charge in [-0.2, -0.15) is 0 Å². The Hall–Kier alpha value is -2.54. The number of hydrogen-bond donors (Lipinski definition) is 1. The summed E-state index contributed by atoms with van der Waals surface area (Å²) in [5.41, 5.74) is 2.54. The molecule has 1 aromatic carbocycles. The minimum Gasteiger partial charge on any atom is -0.544 e. The van der Waals surface area contributed by atoms with Gasteiger partial charge < -0.3 is 9.74 Å². The van der Waals surface area contributed by atoms with Gasteiger partial charge in [0.15, 0.2) is 11.5 Å². The summed E-state index contributed by atoms with van der Waals surface area (Å²) in [5, 5.41) is 3.52. The van der Waals surface area contributed by atoms with Crippen LogP contribution in [0.5, 0.6) is 5.75 Å². The maximum Gasteiger partial charge on any atom is 0.250 e. The molecule has 0 saturated carbocycles. The number of hydrogen-bond acceptors (Lipinski definition) is 6. The highest BCUT2D eigenvalue weighted by Crippen LogP contribution is 2.37. The zero-order valence-corrected chi connectivity index (χ0v) is 17.7. The average Bonchev–Trinajstić information content (AvgIpc) is 2.62. The summed E-state index contributed by atoms with van der Waals surface area (Å²) in [6, 6.07) is 8.40. The van der Waals surface area contributed by atoms with Crippen LogP contribution in [-0.4, -0.2) is 34.8 Å². The molecule has 27 heavy (non-hydrogen) atoms. The largest absolute Gasteiger partial charge is 0.544 e. The first kappa shape index (κ1) is 19.2. The van der Waals surface area contributed by atoms with Gasteiger partial charge >= 0.3 is 0 Å². The minimum absolute atomic E-state index is 0.193. The summed E-state index contributed by atoms with van der Waals surface area (Å²) in [6.07, 6.45) is 5.67. The zero-order chi connectivity index (χ0) is 19.5. The molecular weight excluding hydrogens is 354 g/mol. The van der Waals surface area contributed by atoms with Gasteiger partial charge in [0.1, 0.15) is 17.6 Å². The molecular formula is C20H27N5OSi. The summed E-state index contributed by atoms with van der Waals surface area (Å²) < 4.78 is 6.33. The smallest absolute Gasteiger partial charge is 0.250 e. The number of nitrogens with zero attached hydrogens (tertiary/aromatic N) is 4. The van der Waals surface area contributed by atoms with Crippen molar-refractivity contribution in [3.63, 3.8) is 0 Å². The van der Waals surface area contributed by atoms with Crippen molar-refractivity contribution in [2.75, 3.05) is 11.9 Å². The van der Waals surface area contributed by atoms with E-state index in [1.807, 2.05) is 0 Å². The van der Waals surface area contributed by atoms with Crippen LogP contribution < -0.4 is 9.74 Å². The molecule has 3 rings (SSSR count). The van der Waals surface area contributed by atoms with Crippen molar-refractivity contribution in [1.29, 1.82) is 0 Å². The number of aromatic nitrogens is 4. The molecule has 0 aliphatic rings. The van der Waals surface area contributed by atoms with Gasteiger partial charge in [-0.25, -0.2) is 19.9 Å². The Kier molecular flexibility index (Phi) is 5.41. The Labute approximate surface area is 161 Å². The first-order valence-electron chi connectivity index (χ1n) is 9.20. The molecule has 7 heteroatoms. The summed E-state index contributed by atoms with van der Waals surface area (Å²) >= 11 is 0. The maximum atomic E-state index is 6.33. The van der Waals surface area contributed by atoms with Crippen molar-refractivity contribution in [3.8, 4) is 5.75 Å². The Balaban J connectivity index is 1.59. The third-order valence-corrected chi connectivity index (χ3v) is 9.44. The summed E-state index contributed by atoms with van der Waals surface area (Å²) in [6.45, 7) is 12.0. The minimum atomic E-state index is -1.80. The SMILES string of the molecule is CC(C)(C)[Si](C)(C)Oc1ccc(CCNc2ncnc3nccnc23)cc1. The zero-order valence-electron chi connectivity index (χ0n) is 16.7. The second kappa shape index (κ2) is 7.60. The Morgan fingerprint density at radius 1 is 0.963 bits per heavy atom. The summed E-state index contributed by atoms with van der Waals surface area (Å²) in [7, 11) is -1.80. The topological polar surface area (TPSA) is 72.8 Å². The molecule has 0 saturated heterocycles. The predicted molar refractivity (Wildman–Crippen MR) is 112 cm³/mol. The molecule has 0 bridgehead atoms. The maximum absolute atomic E-state index is 6.33. The van der Waals surface area contributed by atoms with E-state index in [2.05, 4.69) is 83.4 Å². The van der Waals surface area contributed by atoms with Crippen LogP contribution >= 0.6 is 0 Å². The van der Waals surface area contributed by atoms with Crippen LogP contribution in [0.3, 0.4) is 0 Å². The number of fused-ring (bicyclic) bond motifs is 1. The molecule has 0 amide bonds. The highest BCUT2D eigenvalue weighted by atomic mass is 28.4. The molecule has 0 fully saturated rings. The van der Waals surface area contributed by atoms with Gasteiger partial charge in [-0.1, -0.05) is 32.9 Å². The molecule has 1 N–H and O–H groups in total. The number of benzene rings is 1.